The molecule has 16 heavy (non-hydrogen) atoms. The van der Waals surface area contributed by atoms with E-state index < -0.39 is 0 Å². The number of nitrogens with one attached hydrogen (secondary N) is 2. The second-order valence-corrected chi connectivity index (χ2v) is 3.16. The highest BCUT2D eigenvalue weighted by molar-refractivity contribution is 5.89. The van der Waals surface area contributed by atoms with Gasteiger partial charge in [-0.05, 0) is 22.9 Å². The topological polar surface area (TPSA) is 110 Å². The van der Waals surface area contributed by atoms with Gasteiger partial charge in [-0.25, -0.2) is 0 Å². The maximum absolute atomic E-state index is 11.4. The Hall–Kier alpha value is -2.44. The first-order valence-electron chi connectivity index (χ1n) is 4.62. The summed E-state index contributed by atoms with van der Waals surface area (Å²) in [5.74, 6) is -0.346. The number of benzene rings is 1. The fourth-order valence-electron chi connectivity index (χ4n) is 1.15. The lowest BCUT2D eigenvalue weighted by Crippen LogP contribution is -2.24. The zero-order valence-electron chi connectivity index (χ0n) is 8.34. The zero-order chi connectivity index (χ0) is 11.4. The van der Waals surface area contributed by atoms with Gasteiger partial charge in [-0.3, -0.25) is 4.79 Å². The van der Waals surface area contributed by atoms with Gasteiger partial charge in [-0.15, -0.1) is 10.2 Å². The predicted molar refractivity (Wildman–Crippen MR) is 56.2 cm³/mol. The Morgan fingerprint density at radius 2 is 2.12 bits per heavy atom. The van der Waals surface area contributed by atoms with Crippen LogP contribution in [-0.2, 0) is 6.54 Å². The Bertz CT molecular complexity index is 463. The molecule has 0 unspecified atom stereocenters. The second kappa shape index (κ2) is 4.39. The van der Waals surface area contributed by atoms with Crippen LogP contribution in [0.5, 0.6) is 0 Å². The van der Waals surface area contributed by atoms with Crippen LogP contribution in [0.2, 0.25) is 0 Å². The third-order valence-electron chi connectivity index (χ3n) is 1.98. The summed E-state index contributed by atoms with van der Waals surface area (Å²) >= 11 is 0. The van der Waals surface area contributed by atoms with E-state index in [1.54, 1.807) is 12.1 Å². The van der Waals surface area contributed by atoms with Crippen molar-refractivity contribution in [3.05, 3.63) is 35.7 Å². The molecule has 2 aromatic rings. The van der Waals surface area contributed by atoms with Crippen molar-refractivity contribution in [1.82, 2.24) is 25.9 Å². The molecule has 1 amide bonds. The molecular formula is C9H10N6O. The number of hydrogen-bond donors (Lipinski definition) is 3. The maximum atomic E-state index is 11.4. The SMILES string of the molecule is Nc1ccc(CNC(=O)c2nn[nH]n2)cc1. The smallest absolute Gasteiger partial charge is 0.293 e. The molecule has 0 radical (unpaired) electrons. The lowest BCUT2D eigenvalue weighted by Gasteiger charge is -2.02. The molecule has 1 heterocycles. The molecule has 0 saturated heterocycles. The van der Waals surface area contributed by atoms with Crippen LogP contribution < -0.4 is 11.1 Å². The van der Waals surface area contributed by atoms with Crippen molar-refractivity contribution in [2.75, 3.05) is 5.73 Å². The minimum Gasteiger partial charge on any atom is -0.399 e. The van der Waals surface area contributed by atoms with Gasteiger partial charge in [0.25, 0.3) is 11.7 Å². The van der Waals surface area contributed by atoms with Gasteiger partial charge in [0.2, 0.25) is 0 Å². The first kappa shape index (κ1) is 10.1. The number of H-pyrrole nitrogens is 1. The van der Waals surface area contributed by atoms with Gasteiger partial charge in [0.1, 0.15) is 0 Å². The number of carbonyl (C=O) groups excluding carboxylic acids is 1. The van der Waals surface area contributed by atoms with Gasteiger partial charge in [0.15, 0.2) is 0 Å². The van der Waals surface area contributed by atoms with Gasteiger partial charge in [0.05, 0.1) is 0 Å². The molecule has 4 N–H and O–H groups in total. The number of nitrogens with zero attached hydrogens (tertiary/aromatic N) is 3. The molecule has 0 aliphatic rings. The molecule has 0 fully saturated rings. The van der Waals surface area contributed by atoms with E-state index in [1.807, 2.05) is 12.1 Å². The van der Waals surface area contributed by atoms with Crippen molar-refractivity contribution in [2.45, 2.75) is 6.54 Å². The van der Waals surface area contributed by atoms with E-state index in [0.717, 1.165) is 5.56 Å². The van der Waals surface area contributed by atoms with E-state index in [-0.39, 0.29) is 11.7 Å². The Labute approximate surface area is 91.0 Å². The van der Waals surface area contributed by atoms with Crippen molar-refractivity contribution in [2.24, 2.45) is 0 Å². The van der Waals surface area contributed by atoms with Crippen LogP contribution in [0.3, 0.4) is 0 Å². The predicted octanol–water partition coefficient (Wildman–Crippen LogP) is -0.288. The molecule has 0 spiro atoms. The molecule has 1 aromatic carbocycles. The van der Waals surface area contributed by atoms with Crippen LogP contribution in [0.4, 0.5) is 5.69 Å². The van der Waals surface area contributed by atoms with E-state index >= 15 is 0 Å². The molecule has 7 nitrogen and oxygen atoms in total. The number of tetrazole rings is 1. The number of hydrogen-bond acceptors (Lipinski definition) is 5. The summed E-state index contributed by atoms with van der Waals surface area (Å²) in [6, 6.07) is 7.23. The van der Waals surface area contributed by atoms with Gasteiger partial charge >= 0.3 is 0 Å². The maximum Gasteiger partial charge on any atom is 0.293 e. The van der Waals surface area contributed by atoms with Crippen molar-refractivity contribution < 1.29 is 4.79 Å². The standard InChI is InChI=1S/C9H10N6O/c10-7-3-1-6(2-4-7)5-11-9(16)8-12-14-15-13-8/h1-4H,5,10H2,(H,11,16)(H,12,13,14,15). The number of nitrogen functional groups attached to an aromatic ring is 1. The lowest BCUT2D eigenvalue weighted by molar-refractivity contribution is 0.0940. The third kappa shape index (κ3) is 2.32. The number of anilines is 1. The Morgan fingerprint density at radius 3 is 2.75 bits per heavy atom. The fraction of sp³-hybridized carbons (Fsp3) is 0.111. The third-order valence-corrected chi connectivity index (χ3v) is 1.98. The van der Waals surface area contributed by atoms with Crippen LogP contribution in [0, 0.1) is 0 Å². The van der Waals surface area contributed by atoms with Crippen molar-refractivity contribution in [1.29, 1.82) is 0 Å². The second-order valence-electron chi connectivity index (χ2n) is 3.16. The number of carbonyl (C=O) groups is 1. The average Bonchev–Trinajstić information content (AvgIpc) is 2.81. The molecule has 7 heteroatoms. The summed E-state index contributed by atoms with van der Waals surface area (Å²) in [5, 5.41) is 15.3. The fourth-order valence-corrected chi connectivity index (χ4v) is 1.15. The van der Waals surface area contributed by atoms with Gasteiger partial charge < -0.3 is 11.1 Å². The van der Waals surface area contributed by atoms with E-state index in [0.29, 0.717) is 12.2 Å². The Balaban J connectivity index is 1.93. The van der Waals surface area contributed by atoms with E-state index in [9.17, 15) is 4.79 Å². The summed E-state index contributed by atoms with van der Waals surface area (Å²) in [5.41, 5.74) is 7.18. The largest absolute Gasteiger partial charge is 0.399 e. The minimum atomic E-state index is -0.370. The first-order valence-corrected chi connectivity index (χ1v) is 4.62. The van der Waals surface area contributed by atoms with Gasteiger partial charge in [0, 0.05) is 12.2 Å². The van der Waals surface area contributed by atoms with E-state index in [2.05, 4.69) is 25.9 Å². The number of amides is 1. The highest BCUT2D eigenvalue weighted by atomic mass is 16.2. The lowest BCUT2D eigenvalue weighted by atomic mass is 10.2. The molecule has 0 atom stereocenters. The summed E-state index contributed by atoms with van der Waals surface area (Å²) < 4.78 is 0. The van der Waals surface area contributed by atoms with E-state index in [4.69, 9.17) is 5.73 Å². The molecule has 0 saturated carbocycles. The highest BCUT2D eigenvalue weighted by Crippen LogP contribution is 2.04. The van der Waals surface area contributed by atoms with Crippen LogP contribution >= 0.6 is 0 Å². The van der Waals surface area contributed by atoms with Crippen LogP contribution in [0.1, 0.15) is 16.2 Å². The van der Waals surface area contributed by atoms with Crippen LogP contribution in [-0.4, -0.2) is 26.5 Å². The molecule has 1 aromatic heterocycles. The zero-order valence-corrected chi connectivity index (χ0v) is 8.34. The van der Waals surface area contributed by atoms with Crippen LogP contribution in [0.25, 0.3) is 0 Å². The first-order chi connectivity index (χ1) is 7.75. The molecule has 2 rings (SSSR count). The Morgan fingerprint density at radius 1 is 1.38 bits per heavy atom. The summed E-state index contributed by atoms with van der Waals surface area (Å²) in [4.78, 5) is 11.4. The Kier molecular flexibility index (Phi) is 2.77. The monoisotopic (exact) mass is 218 g/mol. The molecule has 0 bridgehead atoms. The molecule has 0 aliphatic carbocycles. The molecular weight excluding hydrogens is 208 g/mol. The summed E-state index contributed by atoms with van der Waals surface area (Å²) in [7, 11) is 0. The van der Waals surface area contributed by atoms with Gasteiger partial charge in [-0.1, -0.05) is 12.1 Å². The minimum absolute atomic E-state index is 0.0236. The number of rotatable bonds is 3. The quantitative estimate of drug-likeness (QED) is 0.613. The van der Waals surface area contributed by atoms with Crippen molar-refractivity contribution >= 4 is 11.6 Å². The normalized spacial score (nSPS) is 10.0. The van der Waals surface area contributed by atoms with Crippen molar-refractivity contribution in [3.63, 3.8) is 0 Å². The molecule has 82 valence electrons. The number of aromatic amines is 1. The summed E-state index contributed by atoms with van der Waals surface area (Å²) in [6.07, 6.45) is 0. The van der Waals surface area contributed by atoms with Crippen molar-refractivity contribution in [3.8, 4) is 0 Å². The number of aromatic nitrogens is 4. The average molecular weight is 218 g/mol. The van der Waals surface area contributed by atoms with Crippen LogP contribution in [0.15, 0.2) is 24.3 Å². The van der Waals surface area contributed by atoms with E-state index in [1.165, 1.54) is 0 Å². The summed E-state index contributed by atoms with van der Waals surface area (Å²) in [6.45, 7) is 0.396. The van der Waals surface area contributed by atoms with Gasteiger partial charge in [-0.2, -0.15) is 5.21 Å². The molecule has 0 aliphatic heterocycles. The highest BCUT2D eigenvalue weighted by Gasteiger charge is 2.09. The number of nitrogens with two attached hydrogens (primary N) is 1.